The maximum Gasteiger partial charge on any atom is 0.166 e. The molecule has 2 aliphatic carbocycles. The largest absolute Gasteiger partial charge is 0.212 e. The maximum atomic E-state index is 15.1. The fourth-order valence-electron chi connectivity index (χ4n) is 6.42. The van der Waals surface area contributed by atoms with Crippen LogP contribution in [0.5, 0.6) is 0 Å². The fourth-order valence-corrected chi connectivity index (χ4v) is 6.42. The van der Waals surface area contributed by atoms with Crippen LogP contribution >= 0.6 is 0 Å². The number of unbranched alkanes of at least 4 members (excludes halogenated alkanes) is 1. The molecule has 2 aromatic rings. The number of hydrogen-bond donors (Lipinski definition) is 0. The highest BCUT2D eigenvalue weighted by atomic mass is 19.2. The molecule has 196 valence electrons. The van der Waals surface area contributed by atoms with E-state index in [9.17, 15) is 4.39 Å². The van der Waals surface area contributed by atoms with Gasteiger partial charge in [-0.25, -0.2) is 13.2 Å². The summed E-state index contributed by atoms with van der Waals surface area (Å²) in [6.07, 6.45) is 15.3. The molecule has 2 aromatic carbocycles. The van der Waals surface area contributed by atoms with Crippen LogP contribution in [0.1, 0.15) is 108 Å². The third-order valence-electron chi connectivity index (χ3n) is 8.73. The van der Waals surface area contributed by atoms with Crippen molar-refractivity contribution >= 4 is 0 Å². The number of rotatable bonds is 10. The molecule has 0 aliphatic heterocycles. The molecule has 0 radical (unpaired) electrons. The van der Waals surface area contributed by atoms with Crippen LogP contribution in [0.15, 0.2) is 48.3 Å². The third-order valence-corrected chi connectivity index (χ3v) is 8.73. The summed E-state index contributed by atoms with van der Waals surface area (Å²) >= 11 is 0. The minimum atomic E-state index is -0.727. The Kier molecular flexibility index (Phi) is 9.73. The quantitative estimate of drug-likeness (QED) is 0.307. The van der Waals surface area contributed by atoms with Crippen LogP contribution in [0.25, 0.3) is 11.1 Å². The summed E-state index contributed by atoms with van der Waals surface area (Å²) in [5.41, 5.74) is 2.81. The van der Waals surface area contributed by atoms with E-state index in [0.29, 0.717) is 23.0 Å². The van der Waals surface area contributed by atoms with E-state index in [1.807, 2.05) is 30.3 Å². The molecule has 3 heteroatoms. The average Bonchev–Trinajstić information content (AvgIpc) is 2.90. The summed E-state index contributed by atoms with van der Waals surface area (Å²) in [7, 11) is 0. The van der Waals surface area contributed by atoms with Crippen LogP contribution in [-0.4, -0.2) is 0 Å². The Labute approximate surface area is 216 Å². The standard InChI is InChI=1S/C33H43F3/c1-3-5-7-25-13-19-28(31(34)22-25)18-12-24-10-16-27(17-11-24)30-21-20-29(32(35)33(30)36)26-14-8-23(6-4-2)9-15-26/h8-9,14-15,20-22,24-25,27-28H,3-7,10-13,16-19H2,1-2H3. The molecule has 36 heavy (non-hydrogen) atoms. The van der Waals surface area contributed by atoms with Crippen molar-refractivity contribution in [3.63, 3.8) is 0 Å². The highest BCUT2D eigenvalue weighted by Crippen LogP contribution is 2.42. The van der Waals surface area contributed by atoms with Gasteiger partial charge in [0.1, 0.15) is 0 Å². The molecule has 1 fully saturated rings. The molecule has 0 amide bonds. The van der Waals surface area contributed by atoms with E-state index in [4.69, 9.17) is 0 Å². The molecule has 2 atom stereocenters. The van der Waals surface area contributed by atoms with E-state index in [-0.39, 0.29) is 17.7 Å². The lowest BCUT2D eigenvalue weighted by molar-refractivity contribution is 0.265. The van der Waals surface area contributed by atoms with Gasteiger partial charge in [0.2, 0.25) is 0 Å². The van der Waals surface area contributed by atoms with Crippen LogP contribution in [0.2, 0.25) is 0 Å². The Bertz CT molecular complexity index is 998. The average molecular weight is 497 g/mol. The van der Waals surface area contributed by atoms with Crippen molar-refractivity contribution in [2.24, 2.45) is 17.8 Å². The zero-order valence-corrected chi connectivity index (χ0v) is 22.2. The van der Waals surface area contributed by atoms with Gasteiger partial charge in [0.15, 0.2) is 11.6 Å². The van der Waals surface area contributed by atoms with Gasteiger partial charge in [-0.1, -0.05) is 69.5 Å². The van der Waals surface area contributed by atoms with Crippen LogP contribution < -0.4 is 0 Å². The number of allylic oxidation sites excluding steroid dienone is 2. The molecule has 0 heterocycles. The first-order chi connectivity index (χ1) is 17.5. The van der Waals surface area contributed by atoms with Gasteiger partial charge in [-0.3, -0.25) is 0 Å². The molecule has 0 spiro atoms. The van der Waals surface area contributed by atoms with Crippen molar-refractivity contribution in [3.8, 4) is 11.1 Å². The molecular weight excluding hydrogens is 453 g/mol. The SMILES string of the molecule is CCCCC1C=C(F)C(CCC2CCC(c3ccc(-c4ccc(CCC)cc4)c(F)c3F)CC2)CC1. The lowest BCUT2D eigenvalue weighted by Crippen LogP contribution is -2.17. The molecule has 0 aromatic heterocycles. The normalized spacial score (nSPS) is 24.5. The summed E-state index contributed by atoms with van der Waals surface area (Å²) in [6.45, 7) is 4.32. The summed E-state index contributed by atoms with van der Waals surface area (Å²) in [5.74, 6) is -0.124. The summed E-state index contributed by atoms with van der Waals surface area (Å²) in [6, 6.07) is 11.3. The van der Waals surface area contributed by atoms with Crippen LogP contribution in [0.4, 0.5) is 13.2 Å². The van der Waals surface area contributed by atoms with Crippen LogP contribution in [0, 0.1) is 29.4 Å². The van der Waals surface area contributed by atoms with Gasteiger partial charge in [0, 0.05) is 11.5 Å². The maximum absolute atomic E-state index is 15.1. The zero-order chi connectivity index (χ0) is 25.5. The van der Waals surface area contributed by atoms with Crippen LogP contribution in [0.3, 0.4) is 0 Å². The lowest BCUT2D eigenvalue weighted by Gasteiger charge is -2.31. The van der Waals surface area contributed by atoms with Crippen molar-refractivity contribution in [2.75, 3.05) is 0 Å². The Morgan fingerprint density at radius 1 is 0.722 bits per heavy atom. The monoisotopic (exact) mass is 496 g/mol. The second-order valence-electron chi connectivity index (χ2n) is 11.3. The molecule has 2 aliphatic rings. The second kappa shape index (κ2) is 13.0. The minimum absolute atomic E-state index is 0.0716. The van der Waals surface area contributed by atoms with Crippen molar-refractivity contribution in [1.29, 1.82) is 0 Å². The summed E-state index contributed by atoms with van der Waals surface area (Å²) in [5, 5.41) is 0. The highest BCUT2D eigenvalue weighted by molar-refractivity contribution is 5.65. The number of halogens is 3. The predicted molar refractivity (Wildman–Crippen MR) is 145 cm³/mol. The Hall–Kier alpha value is -2.03. The van der Waals surface area contributed by atoms with Crippen molar-refractivity contribution in [1.82, 2.24) is 0 Å². The van der Waals surface area contributed by atoms with E-state index in [2.05, 4.69) is 13.8 Å². The highest BCUT2D eigenvalue weighted by Gasteiger charge is 2.28. The lowest BCUT2D eigenvalue weighted by atomic mass is 9.75. The van der Waals surface area contributed by atoms with Gasteiger partial charge in [-0.15, -0.1) is 0 Å². The first kappa shape index (κ1) is 27.0. The predicted octanol–water partition coefficient (Wildman–Crippen LogP) is 10.7. The molecule has 0 bridgehead atoms. The number of benzene rings is 2. The van der Waals surface area contributed by atoms with Gasteiger partial charge >= 0.3 is 0 Å². The van der Waals surface area contributed by atoms with E-state index in [0.717, 1.165) is 76.2 Å². The van der Waals surface area contributed by atoms with Gasteiger partial charge in [0.25, 0.3) is 0 Å². The molecule has 4 rings (SSSR count). The third kappa shape index (κ3) is 6.64. The first-order valence-electron chi connectivity index (χ1n) is 14.4. The van der Waals surface area contributed by atoms with E-state index < -0.39 is 11.6 Å². The van der Waals surface area contributed by atoms with Crippen molar-refractivity contribution in [2.45, 2.75) is 103 Å². The van der Waals surface area contributed by atoms with Gasteiger partial charge in [0.05, 0.1) is 5.83 Å². The van der Waals surface area contributed by atoms with E-state index in [1.165, 1.54) is 18.4 Å². The Morgan fingerprint density at radius 2 is 1.47 bits per heavy atom. The summed E-state index contributed by atoms with van der Waals surface area (Å²) in [4.78, 5) is 0. The molecule has 0 saturated heterocycles. The molecule has 0 nitrogen and oxygen atoms in total. The molecular formula is C33H43F3. The van der Waals surface area contributed by atoms with Gasteiger partial charge in [-0.05, 0) is 105 Å². The molecule has 2 unspecified atom stereocenters. The van der Waals surface area contributed by atoms with Crippen LogP contribution in [-0.2, 0) is 6.42 Å². The van der Waals surface area contributed by atoms with Gasteiger partial charge in [-0.2, -0.15) is 0 Å². The second-order valence-corrected chi connectivity index (χ2v) is 11.3. The molecule has 1 saturated carbocycles. The Balaban J connectivity index is 1.30. The van der Waals surface area contributed by atoms with E-state index in [1.54, 1.807) is 12.1 Å². The number of aryl methyl sites for hydroxylation is 1. The van der Waals surface area contributed by atoms with Crippen molar-refractivity contribution < 1.29 is 13.2 Å². The zero-order valence-electron chi connectivity index (χ0n) is 22.2. The van der Waals surface area contributed by atoms with E-state index >= 15 is 8.78 Å². The Morgan fingerprint density at radius 3 is 2.14 bits per heavy atom. The number of hydrogen-bond acceptors (Lipinski definition) is 0. The smallest absolute Gasteiger partial charge is 0.166 e. The summed E-state index contributed by atoms with van der Waals surface area (Å²) < 4.78 is 44.9. The topological polar surface area (TPSA) is 0 Å². The first-order valence-corrected chi connectivity index (χ1v) is 14.4. The van der Waals surface area contributed by atoms with Crippen molar-refractivity contribution in [3.05, 3.63) is 71.1 Å². The molecule has 0 N–H and O–H groups in total. The minimum Gasteiger partial charge on any atom is -0.212 e. The fraction of sp³-hybridized carbons (Fsp3) is 0.576. The van der Waals surface area contributed by atoms with Gasteiger partial charge < -0.3 is 0 Å².